The van der Waals surface area contributed by atoms with Gasteiger partial charge in [-0.2, -0.15) is 0 Å². The molecule has 0 heterocycles. The predicted octanol–water partition coefficient (Wildman–Crippen LogP) is 4.92. The van der Waals surface area contributed by atoms with E-state index in [0.29, 0.717) is 12.2 Å². The van der Waals surface area contributed by atoms with Gasteiger partial charge in [-0.1, -0.05) is 61.5 Å². The minimum absolute atomic E-state index is 0.0386. The van der Waals surface area contributed by atoms with Gasteiger partial charge in [-0.15, -0.1) is 0 Å². The summed E-state index contributed by atoms with van der Waals surface area (Å²) in [6, 6.07) is 21.4. The van der Waals surface area contributed by atoms with Crippen molar-refractivity contribution in [1.29, 1.82) is 0 Å². The Balaban J connectivity index is 2.11. The van der Waals surface area contributed by atoms with Crippen molar-refractivity contribution in [3.8, 4) is 5.75 Å². The van der Waals surface area contributed by atoms with Gasteiger partial charge in [0.2, 0.25) is 11.8 Å². The first kappa shape index (κ1) is 30.7. The number of ether oxygens (including phenoxy) is 1. The van der Waals surface area contributed by atoms with Gasteiger partial charge in [0.05, 0.1) is 17.7 Å². The number of nitrogens with one attached hydrogen (secondary N) is 1. The summed E-state index contributed by atoms with van der Waals surface area (Å²) in [6.07, 6.45) is 0.347. The number of anilines is 1. The van der Waals surface area contributed by atoms with E-state index in [1.807, 2.05) is 58.9 Å². The molecule has 0 saturated carbocycles. The number of nitrogens with zero attached hydrogens (tertiary/aromatic N) is 2. The van der Waals surface area contributed by atoms with Gasteiger partial charge in [-0.25, -0.2) is 8.42 Å². The Kier molecular flexibility index (Phi) is 9.98. The topological polar surface area (TPSA) is 96.0 Å². The maximum Gasteiger partial charge on any atom is 0.264 e. The number of amides is 2. The summed E-state index contributed by atoms with van der Waals surface area (Å²) in [4.78, 5) is 29.1. The van der Waals surface area contributed by atoms with Gasteiger partial charge in [0.1, 0.15) is 18.3 Å². The molecule has 1 atom stereocenters. The fraction of sp³-hybridized carbons (Fsp3) is 0.355. The zero-order valence-electron chi connectivity index (χ0n) is 24.0. The van der Waals surface area contributed by atoms with E-state index in [2.05, 4.69) is 5.32 Å². The van der Waals surface area contributed by atoms with Crippen molar-refractivity contribution in [2.45, 2.75) is 64.1 Å². The number of carbonyl (C=O) groups is 2. The summed E-state index contributed by atoms with van der Waals surface area (Å²) in [5, 5.41) is 2.98. The van der Waals surface area contributed by atoms with Gasteiger partial charge in [0.25, 0.3) is 10.0 Å². The van der Waals surface area contributed by atoms with Crippen LogP contribution in [0.2, 0.25) is 0 Å². The van der Waals surface area contributed by atoms with Crippen LogP contribution in [0.15, 0.2) is 83.8 Å². The largest absolute Gasteiger partial charge is 0.495 e. The second-order valence-corrected chi connectivity index (χ2v) is 12.5. The van der Waals surface area contributed by atoms with Gasteiger partial charge >= 0.3 is 0 Å². The van der Waals surface area contributed by atoms with Gasteiger partial charge in [0, 0.05) is 12.1 Å². The summed E-state index contributed by atoms with van der Waals surface area (Å²) < 4.78 is 34.4. The second kappa shape index (κ2) is 13.0. The number of para-hydroxylation sites is 2. The molecule has 0 spiro atoms. The van der Waals surface area contributed by atoms with Crippen LogP contribution < -0.4 is 14.4 Å². The second-order valence-electron chi connectivity index (χ2n) is 10.6. The molecule has 0 radical (unpaired) electrons. The van der Waals surface area contributed by atoms with Crippen LogP contribution in [-0.4, -0.2) is 50.4 Å². The molecule has 9 heteroatoms. The number of aryl methyl sites for hydroxylation is 1. The van der Waals surface area contributed by atoms with Gasteiger partial charge in [-0.05, 0) is 69.5 Å². The van der Waals surface area contributed by atoms with Crippen molar-refractivity contribution in [2.24, 2.45) is 0 Å². The van der Waals surface area contributed by atoms with Crippen LogP contribution in [0.4, 0.5) is 5.69 Å². The first-order valence-corrected chi connectivity index (χ1v) is 14.7. The maximum absolute atomic E-state index is 14.2. The van der Waals surface area contributed by atoms with E-state index in [0.717, 1.165) is 15.4 Å². The molecule has 0 aliphatic rings. The first-order valence-electron chi connectivity index (χ1n) is 13.3. The van der Waals surface area contributed by atoms with Crippen LogP contribution in [-0.2, 0) is 26.2 Å². The molecule has 0 unspecified atom stereocenters. The SMILES string of the molecule is CC[C@H](C(=O)NC(C)(C)C)N(Cc1ccccc1C)C(=O)CN(c1ccccc1OC)S(=O)(=O)c1ccccc1. The third-order valence-electron chi connectivity index (χ3n) is 6.45. The smallest absolute Gasteiger partial charge is 0.264 e. The Labute approximate surface area is 238 Å². The Hall–Kier alpha value is -3.85. The third-order valence-corrected chi connectivity index (χ3v) is 8.22. The minimum atomic E-state index is -4.17. The lowest BCUT2D eigenvalue weighted by atomic mass is 10.0. The molecule has 8 nitrogen and oxygen atoms in total. The highest BCUT2D eigenvalue weighted by atomic mass is 32.2. The van der Waals surface area contributed by atoms with E-state index in [-0.39, 0.29) is 23.0 Å². The number of hydrogen-bond donors (Lipinski definition) is 1. The number of methoxy groups -OCH3 is 1. The zero-order valence-corrected chi connectivity index (χ0v) is 24.9. The lowest BCUT2D eigenvalue weighted by Gasteiger charge is -2.35. The first-order chi connectivity index (χ1) is 18.9. The van der Waals surface area contributed by atoms with Crippen LogP contribution >= 0.6 is 0 Å². The molecular weight excluding hydrogens is 526 g/mol. The Morgan fingerprint density at radius 1 is 0.925 bits per heavy atom. The van der Waals surface area contributed by atoms with Crippen molar-refractivity contribution in [1.82, 2.24) is 10.2 Å². The summed E-state index contributed by atoms with van der Waals surface area (Å²) in [5.41, 5.74) is 1.55. The summed E-state index contributed by atoms with van der Waals surface area (Å²) in [6.45, 7) is 9.03. The molecule has 3 aromatic rings. The Bertz CT molecular complexity index is 1420. The molecule has 3 aromatic carbocycles. The highest BCUT2D eigenvalue weighted by Crippen LogP contribution is 2.32. The molecule has 0 aliphatic heterocycles. The number of benzene rings is 3. The number of hydrogen-bond acceptors (Lipinski definition) is 5. The lowest BCUT2D eigenvalue weighted by Crippen LogP contribution is -2.55. The Morgan fingerprint density at radius 2 is 1.52 bits per heavy atom. The third kappa shape index (κ3) is 7.41. The van der Waals surface area contributed by atoms with Crippen LogP contribution in [0.1, 0.15) is 45.2 Å². The van der Waals surface area contributed by atoms with Crippen molar-refractivity contribution < 1.29 is 22.7 Å². The molecule has 2 amide bonds. The standard InChI is InChI=1S/C31H39N3O5S/c1-7-26(30(36)32-31(3,4)5)33(21-24-16-12-11-15-23(24)2)29(35)22-34(27-19-13-14-20-28(27)39-6)40(37,38)25-17-9-8-10-18-25/h8-20,26H,7,21-22H2,1-6H3,(H,32,36)/t26-/m1/s1. The number of rotatable bonds is 11. The van der Waals surface area contributed by atoms with Crippen molar-refractivity contribution in [3.05, 3.63) is 90.0 Å². The Morgan fingerprint density at radius 3 is 2.12 bits per heavy atom. The van der Waals surface area contributed by atoms with Crippen LogP contribution in [0, 0.1) is 6.92 Å². The van der Waals surface area contributed by atoms with Gasteiger partial charge < -0.3 is 15.0 Å². The van der Waals surface area contributed by atoms with E-state index < -0.39 is 34.1 Å². The van der Waals surface area contributed by atoms with Crippen LogP contribution in [0.5, 0.6) is 5.75 Å². The van der Waals surface area contributed by atoms with Crippen molar-refractivity contribution in [2.75, 3.05) is 18.0 Å². The average Bonchev–Trinajstić information content (AvgIpc) is 2.92. The normalized spacial score (nSPS) is 12.3. The molecule has 214 valence electrons. The highest BCUT2D eigenvalue weighted by molar-refractivity contribution is 7.92. The van der Waals surface area contributed by atoms with E-state index in [1.165, 1.54) is 24.1 Å². The average molecular weight is 566 g/mol. The van der Waals surface area contributed by atoms with Crippen molar-refractivity contribution in [3.63, 3.8) is 0 Å². The monoisotopic (exact) mass is 565 g/mol. The van der Waals surface area contributed by atoms with E-state index in [9.17, 15) is 18.0 Å². The summed E-state index contributed by atoms with van der Waals surface area (Å²) >= 11 is 0. The molecule has 40 heavy (non-hydrogen) atoms. The fourth-order valence-corrected chi connectivity index (χ4v) is 5.86. The quantitative estimate of drug-likeness (QED) is 0.356. The minimum Gasteiger partial charge on any atom is -0.495 e. The molecule has 0 aliphatic carbocycles. The molecule has 0 saturated heterocycles. The molecule has 0 aromatic heterocycles. The number of sulfonamides is 1. The van der Waals surface area contributed by atoms with E-state index >= 15 is 0 Å². The zero-order chi connectivity index (χ0) is 29.5. The molecule has 0 bridgehead atoms. The van der Waals surface area contributed by atoms with Gasteiger partial charge in [0.15, 0.2) is 0 Å². The molecular formula is C31H39N3O5S. The highest BCUT2D eigenvalue weighted by Gasteiger charge is 2.35. The lowest BCUT2D eigenvalue weighted by molar-refractivity contribution is -0.141. The maximum atomic E-state index is 14.2. The number of carbonyl (C=O) groups excluding carboxylic acids is 2. The predicted molar refractivity (Wildman–Crippen MR) is 158 cm³/mol. The molecule has 1 N–H and O–H groups in total. The van der Waals surface area contributed by atoms with Crippen molar-refractivity contribution >= 4 is 27.5 Å². The van der Waals surface area contributed by atoms with Gasteiger partial charge in [-0.3, -0.25) is 13.9 Å². The fourth-order valence-electron chi connectivity index (χ4n) is 4.41. The summed E-state index contributed by atoms with van der Waals surface area (Å²) in [7, 11) is -2.73. The summed E-state index contributed by atoms with van der Waals surface area (Å²) in [5.74, 6) is -0.506. The van der Waals surface area contributed by atoms with Crippen LogP contribution in [0.3, 0.4) is 0 Å². The molecule has 0 fully saturated rings. The van der Waals surface area contributed by atoms with E-state index in [1.54, 1.807) is 42.5 Å². The van der Waals surface area contributed by atoms with E-state index in [4.69, 9.17) is 4.74 Å². The molecule has 3 rings (SSSR count). The van der Waals surface area contributed by atoms with Crippen LogP contribution in [0.25, 0.3) is 0 Å².